The van der Waals surface area contributed by atoms with Gasteiger partial charge in [-0.05, 0) is 48.6 Å². The molecule has 0 bridgehead atoms. The molecule has 8 heteroatoms. The van der Waals surface area contributed by atoms with E-state index in [9.17, 15) is 13.2 Å². The topological polar surface area (TPSA) is 57.7 Å². The van der Waals surface area contributed by atoms with Crippen molar-refractivity contribution < 1.29 is 13.2 Å². The third kappa shape index (κ3) is 4.14. The SMILES string of the molecule is CN(CC(=O)N1CCCSc2ccccc21)S(=O)(=O)c1ccc(Br)cc1. The molecule has 0 radical (unpaired) electrons. The van der Waals surface area contributed by atoms with Gasteiger partial charge in [0.05, 0.1) is 17.1 Å². The third-order valence-electron chi connectivity index (χ3n) is 4.12. The number of nitrogens with zero attached hydrogens (tertiary/aromatic N) is 2. The van der Waals surface area contributed by atoms with E-state index in [0.29, 0.717) is 6.54 Å². The number of hydrogen-bond acceptors (Lipinski definition) is 4. The number of amides is 1. The summed E-state index contributed by atoms with van der Waals surface area (Å²) in [5.41, 5.74) is 0.856. The van der Waals surface area contributed by atoms with Gasteiger partial charge in [-0.25, -0.2) is 8.42 Å². The summed E-state index contributed by atoms with van der Waals surface area (Å²) in [7, 11) is -2.28. The molecule has 0 unspecified atom stereocenters. The van der Waals surface area contributed by atoms with Gasteiger partial charge in [0.15, 0.2) is 0 Å². The van der Waals surface area contributed by atoms with Crippen LogP contribution in [0.1, 0.15) is 6.42 Å². The molecule has 0 N–H and O–H groups in total. The van der Waals surface area contributed by atoms with Gasteiger partial charge in [-0.1, -0.05) is 28.1 Å². The number of carbonyl (C=O) groups is 1. The standard InChI is InChI=1S/C18H19BrN2O3S2/c1-20(26(23,24)15-9-7-14(19)8-10-15)13-18(22)21-11-4-12-25-17-6-3-2-5-16(17)21/h2-3,5-10H,4,11-13H2,1H3. The van der Waals surface area contributed by atoms with Crippen LogP contribution in [0.25, 0.3) is 0 Å². The summed E-state index contributed by atoms with van der Waals surface area (Å²) in [5, 5.41) is 0. The number of likely N-dealkylation sites (N-methyl/N-ethyl adjacent to an activating group) is 1. The number of hydrogen-bond donors (Lipinski definition) is 0. The molecule has 2 aromatic rings. The number of benzene rings is 2. The van der Waals surface area contributed by atoms with Gasteiger partial charge in [-0.2, -0.15) is 4.31 Å². The van der Waals surface area contributed by atoms with E-state index in [1.54, 1.807) is 28.8 Å². The van der Waals surface area contributed by atoms with Crippen LogP contribution in [-0.4, -0.2) is 44.5 Å². The van der Waals surface area contributed by atoms with Crippen LogP contribution in [-0.2, 0) is 14.8 Å². The molecule has 1 aliphatic heterocycles. The fourth-order valence-electron chi connectivity index (χ4n) is 2.73. The first-order chi connectivity index (χ1) is 12.4. The van der Waals surface area contributed by atoms with Crippen molar-refractivity contribution in [3.05, 3.63) is 53.0 Å². The lowest BCUT2D eigenvalue weighted by Crippen LogP contribution is -2.41. The van der Waals surface area contributed by atoms with E-state index < -0.39 is 10.0 Å². The molecule has 138 valence electrons. The van der Waals surface area contributed by atoms with Crippen LogP contribution in [0.3, 0.4) is 0 Å². The molecule has 26 heavy (non-hydrogen) atoms. The fourth-order valence-corrected chi connectivity index (χ4v) is 5.11. The highest BCUT2D eigenvalue weighted by molar-refractivity contribution is 9.10. The van der Waals surface area contributed by atoms with Gasteiger partial charge in [0, 0.05) is 23.0 Å². The molecule has 3 rings (SSSR count). The van der Waals surface area contributed by atoms with Gasteiger partial charge in [0.1, 0.15) is 0 Å². The highest BCUT2D eigenvalue weighted by Gasteiger charge is 2.27. The third-order valence-corrected chi connectivity index (χ3v) is 7.62. The van der Waals surface area contributed by atoms with E-state index in [4.69, 9.17) is 0 Å². The first kappa shape index (κ1) is 19.4. The summed E-state index contributed by atoms with van der Waals surface area (Å²) >= 11 is 5.02. The molecule has 0 fully saturated rings. The molecule has 1 heterocycles. The van der Waals surface area contributed by atoms with Gasteiger partial charge in [0.2, 0.25) is 15.9 Å². The molecule has 0 spiro atoms. The molecule has 0 aromatic heterocycles. The second kappa shape index (κ2) is 8.12. The first-order valence-electron chi connectivity index (χ1n) is 8.14. The molecular weight excluding hydrogens is 436 g/mol. The van der Waals surface area contributed by atoms with Crippen LogP contribution in [0.5, 0.6) is 0 Å². The Hall–Kier alpha value is -1.35. The number of para-hydroxylation sites is 1. The van der Waals surface area contributed by atoms with Crippen molar-refractivity contribution in [3.8, 4) is 0 Å². The first-order valence-corrected chi connectivity index (χ1v) is 11.4. The average Bonchev–Trinajstić information content (AvgIpc) is 2.84. The van der Waals surface area contributed by atoms with Crippen molar-refractivity contribution in [2.45, 2.75) is 16.2 Å². The highest BCUT2D eigenvalue weighted by atomic mass is 79.9. The largest absolute Gasteiger partial charge is 0.310 e. The van der Waals surface area contributed by atoms with Crippen molar-refractivity contribution >= 4 is 49.3 Å². The Morgan fingerprint density at radius 3 is 2.62 bits per heavy atom. The molecule has 0 saturated heterocycles. The van der Waals surface area contributed by atoms with Crippen molar-refractivity contribution in [3.63, 3.8) is 0 Å². The van der Waals surface area contributed by atoms with E-state index in [1.807, 2.05) is 24.3 Å². The molecule has 2 aromatic carbocycles. The summed E-state index contributed by atoms with van der Waals surface area (Å²) in [6.45, 7) is 0.395. The number of fused-ring (bicyclic) bond motifs is 1. The number of carbonyl (C=O) groups excluding carboxylic acids is 1. The number of anilines is 1. The lowest BCUT2D eigenvalue weighted by atomic mass is 10.2. The van der Waals surface area contributed by atoms with E-state index in [1.165, 1.54) is 19.2 Å². The average molecular weight is 455 g/mol. The number of rotatable bonds is 4. The van der Waals surface area contributed by atoms with Crippen molar-refractivity contribution in [1.29, 1.82) is 0 Å². The Morgan fingerprint density at radius 1 is 1.19 bits per heavy atom. The van der Waals surface area contributed by atoms with Crippen molar-refractivity contribution in [2.24, 2.45) is 0 Å². The number of sulfonamides is 1. The van der Waals surface area contributed by atoms with Crippen LogP contribution < -0.4 is 4.90 Å². The normalized spacial score (nSPS) is 14.8. The molecule has 1 amide bonds. The molecule has 0 aliphatic carbocycles. The Morgan fingerprint density at radius 2 is 1.88 bits per heavy atom. The van der Waals surface area contributed by atoms with E-state index in [2.05, 4.69) is 15.9 Å². The number of thioether (sulfide) groups is 1. The molecular formula is C18H19BrN2O3S2. The summed E-state index contributed by atoms with van der Waals surface area (Å²) in [4.78, 5) is 15.8. The zero-order valence-electron chi connectivity index (χ0n) is 14.3. The zero-order chi connectivity index (χ0) is 18.7. The minimum atomic E-state index is -3.72. The van der Waals surface area contributed by atoms with E-state index in [-0.39, 0.29) is 17.3 Å². The van der Waals surface area contributed by atoms with Gasteiger partial charge < -0.3 is 4.90 Å². The molecule has 0 saturated carbocycles. The monoisotopic (exact) mass is 454 g/mol. The zero-order valence-corrected chi connectivity index (χ0v) is 17.5. The Balaban J connectivity index is 1.80. The maximum atomic E-state index is 12.9. The lowest BCUT2D eigenvalue weighted by molar-refractivity contribution is -0.118. The van der Waals surface area contributed by atoms with Crippen molar-refractivity contribution in [1.82, 2.24) is 4.31 Å². The molecule has 1 aliphatic rings. The van der Waals surface area contributed by atoms with Gasteiger partial charge >= 0.3 is 0 Å². The maximum Gasteiger partial charge on any atom is 0.243 e. The Labute approximate surface area is 166 Å². The minimum absolute atomic E-state index is 0.169. The molecule has 0 atom stereocenters. The van der Waals surface area contributed by atoms with E-state index >= 15 is 0 Å². The number of halogens is 1. The smallest absolute Gasteiger partial charge is 0.243 e. The Kier molecular flexibility index (Phi) is 6.06. The van der Waals surface area contributed by atoms with Gasteiger partial charge in [-0.15, -0.1) is 11.8 Å². The summed E-state index contributed by atoms with van der Waals surface area (Å²) < 4.78 is 27.3. The van der Waals surface area contributed by atoms with Crippen LogP contribution in [0.15, 0.2) is 62.8 Å². The summed E-state index contributed by atoms with van der Waals surface area (Å²) in [5.74, 6) is 0.719. The van der Waals surface area contributed by atoms with E-state index in [0.717, 1.165) is 31.5 Å². The Bertz CT molecular complexity index is 901. The van der Waals surface area contributed by atoms with Gasteiger partial charge in [0.25, 0.3) is 0 Å². The van der Waals surface area contributed by atoms with Crippen LogP contribution in [0, 0.1) is 0 Å². The fraction of sp³-hybridized carbons (Fsp3) is 0.278. The van der Waals surface area contributed by atoms with Crippen molar-refractivity contribution in [2.75, 3.05) is 30.8 Å². The summed E-state index contributed by atoms with van der Waals surface area (Å²) in [6.07, 6.45) is 0.869. The second-order valence-corrected chi connectivity index (χ2v) is 10.0. The van der Waals surface area contributed by atoms with Crippen LogP contribution >= 0.6 is 27.7 Å². The van der Waals surface area contributed by atoms with Crippen LogP contribution in [0.2, 0.25) is 0 Å². The van der Waals surface area contributed by atoms with Crippen LogP contribution in [0.4, 0.5) is 5.69 Å². The maximum absolute atomic E-state index is 12.9. The highest BCUT2D eigenvalue weighted by Crippen LogP contribution is 2.33. The molecule has 5 nitrogen and oxygen atoms in total. The van der Waals surface area contributed by atoms with Gasteiger partial charge in [-0.3, -0.25) is 4.79 Å². The second-order valence-electron chi connectivity index (χ2n) is 5.93. The summed E-state index contributed by atoms with van der Waals surface area (Å²) in [6, 6.07) is 14.1. The predicted molar refractivity (Wildman–Crippen MR) is 108 cm³/mol. The predicted octanol–water partition coefficient (Wildman–Crippen LogP) is 3.60. The minimum Gasteiger partial charge on any atom is -0.310 e. The quantitative estimate of drug-likeness (QED) is 0.707. The lowest BCUT2D eigenvalue weighted by Gasteiger charge is -2.25.